The smallest absolute Gasteiger partial charge is 0.310 e. The first-order valence-electron chi connectivity index (χ1n) is 4.81. The van der Waals surface area contributed by atoms with Gasteiger partial charge in [-0.05, 0) is 30.5 Å². The van der Waals surface area contributed by atoms with Gasteiger partial charge in [0.2, 0.25) is 0 Å². The molecule has 1 saturated carbocycles. The number of alkyl halides is 3. The van der Waals surface area contributed by atoms with E-state index >= 15 is 0 Å². The topological polar surface area (TPSA) is 24.9 Å². The molecular weight excluding hydrogens is 205 g/mol. The molecule has 1 aromatic heterocycles. The van der Waals surface area contributed by atoms with Gasteiger partial charge in [-0.15, -0.1) is 0 Å². The average molecular weight is 216 g/mol. The zero-order valence-corrected chi connectivity index (χ0v) is 8.01. The number of hydrogen-bond donors (Lipinski definition) is 1. The molecule has 1 aliphatic rings. The third kappa shape index (κ3) is 2.92. The Morgan fingerprint density at radius 3 is 2.73 bits per heavy atom. The van der Waals surface area contributed by atoms with Gasteiger partial charge in [-0.3, -0.25) is 4.98 Å². The maximum absolute atomic E-state index is 12.3. The third-order valence-corrected chi connectivity index (χ3v) is 2.29. The van der Waals surface area contributed by atoms with Gasteiger partial charge in [0, 0.05) is 18.8 Å². The first-order valence-corrected chi connectivity index (χ1v) is 4.81. The van der Waals surface area contributed by atoms with E-state index in [1.807, 2.05) is 0 Å². The van der Waals surface area contributed by atoms with E-state index in [0.717, 1.165) is 18.9 Å². The van der Waals surface area contributed by atoms with E-state index in [9.17, 15) is 13.2 Å². The summed E-state index contributed by atoms with van der Waals surface area (Å²) in [4.78, 5) is 3.30. The van der Waals surface area contributed by atoms with Crippen molar-refractivity contribution in [2.24, 2.45) is 0 Å². The Morgan fingerprint density at radius 1 is 1.40 bits per heavy atom. The fourth-order valence-corrected chi connectivity index (χ4v) is 1.29. The molecule has 0 radical (unpaired) electrons. The van der Waals surface area contributed by atoms with Gasteiger partial charge in [0.25, 0.3) is 0 Å². The molecule has 0 saturated heterocycles. The van der Waals surface area contributed by atoms with Crippen LogP contribution in [0.4, 0.5) is 13.2 Å². The lowest BCUT2D eigenvalue weighted by Crippen LogP contribution is -2.16. The number of nitrogens with one attached hydrogen (secondary N) is 1. The molecule has 1 aliphatic carbocycles. The Morgan fingerprint density at radius 2 is 2.13 bits per heavy atom. The molecule has 15 heavy (non-hydrogen) atoms. The Labute approximate surface area is 85.5 Å². The van der Waals surface area contributed by atoms with Crippen molar-refractivity contribution < 1.29 is 13.2 Å². The van der Waals surface area contributed by atoms with Crippen LogP contribution in [-0.4, -0.2) is 11.0 Å². The van der Waals surface area contributed by atoms with Crippen molar-refractivity contribution in [3.63, 3.8) is 0 Å². The standard InChI is InChI=1S/C10H11F3N2/c11-10(12,13)9-5-7(3-4-14-9)6-15-8-1-2-8/h3-5,8,15H,1-2,6H2. The molecule has 0 aromatic carbocycles. The minimum absolute atomic E-state index is 0.482. The molecule has 0 aliphatic heterocycles. The van der Waals surface area contributed by atoms with Crippen LogP contribution in [0.25, 0.3) is 0 Å². The van der Waals surface area contributed by atoms with Crippen LogP contribution in [-0.2, 0) is 12.7 Å². The van der Waals surface area contributed by atoms with Crippen molar-refractivity contribution in [3.05, 3.63) is 29.6 Å². The van der Waals surface area contributed by atoms with Crippen LogP contribution in [0.5, 0.6) is 0 Å². The number of nitrogens with zero attached hydrogens (tertiary/aromatic N) is 1. The highest BCUT2D eigenvalue weighted by Gasteiger charge is 2.32. The number of pyridine rings is 1. The van der Waals surface area contributed by atoms with Crippen LogP contribution in [0.15, 0.2) is 18.3 Å². The third-order valence-electron chi connectivity index (χ3n) is 2.29. The summed E-state index contributed by atoms with van der Waals surface area (Å²) >= 11 is 0. The maximum Gasteiger partial charge on any atom is 0.433 e. The van der Waals surface area contributed by atoms with Gasteiger partial charge in [-0.2, -0.15) is 13.2 Å². The molecule has 82 valence electrons. The van der Waals surface area contributed by atoms with E-state index in [-0.39, 0.29) is 0 Å². The summed E-state index contributed by atoms with van der Waals surface area (Å²) in [5.74, 6) is 0. The molecule has 1 N–H and O–H groups in total. The van der Waals surface area contributed by atoms with Gasteiger partial charge in [-0.1, -0.05) is 0 Å². The second-order valence-corrected chi connectivity index (χ2v) is 3.70. The van der Waals surface area contributed by atoms with Crippen molar-refractivity contribution in [3.8, 4) is 0 Å². The molecule has 0 unspecified atom stereocenters. The minimum atomic E-state index is -4.35. The summed E-state index contributed by atoms with van der Waals surface area (Å²) in [6.07, 6.45) is -0.906. The van der Waals surface area contributed by atoms with Crippen molar-refractivity contribution >= 4 is 0 Å². The van der Waals surface area contributed by atoms with Crippen LogP contribution in [0.1, 0.15) is 24.1 Å². The van der Waals surface area contributed by atoms with E-state index in [2.05, 4.69) is 10.3 Å². The van der Waals surface area contributed by atoms with Gasteiger partial charge >= 0.3 is 6.18 Å². The summed E-state index contributed by atoms with van der Waals surface area (Å²) in [6, 6.07) is 3.19. The molecule has 1 fully saturated rings. The SMILES string of the molecule is FC(F)(F)c1cc(CNC2CC2)ccn1. The van der Waals surface area contributed by atoms with E-state index in [0.29, 0.717) is 18.2 Å². The molecule has 0 atom stereocenters. The molecule has 0 amide bonds. The van der Waals surface area contributed by atoms with Gasteiger partial charge < -0.3 is 5.32 Å². The van der Waals surface area contributed by atoms with Crippen LogP contribution in [0.2, 0.25) is 0 Å². The molecule has 1 heterocycles. The van der Waals surface area contributed by atoms with Crippen molar-refractivity contribution in [1.29, 1.82) is 0 Å². The lowest BCUT2D eigenvalue weighted by Gasteiger charge is -2.07. The lowest BCUT2D eigenvalue weighted by molar-refractivity contribution is -0.141. The largest absolute Gasteiger partial charge is 0.433 e. The highest BCUT2D eigenvalue weighted by molar-refractivity contribution is 5.18. The molecule has 1 aromatic rings. The van der Waals surface area contributed by atoms with Crippen LogP contribution < -0.4 is 5.32 Å². The van der Waals surface area contributed by atoms with Gasteiger partial charge in [0.15, 0.2) is 0 Å². The number of halogens is 3. The van der Waals surface area contributed by atoms with Crippen LogP contribution in [0, 0.1) is 0 Å². The highest BCUT2D eigenvalue weighted by atomic mass is 19.4. The lowest BCUT2D eigenvalue weighted by atomic mass is 10.2. The first kappa shape index (κ1) is 10.4. The van der Waals surface area contributed by atoms with Crippen molar-refractivity contribution in [2.45, 2.75) is 31.6 Å². The van der Waals surface area contributed by atoms with Crippen LogP contribution in [0.3, 0.4) is 0 Å². The van der Waals surface area contributed by atoms with Crippen molar-refractivity contribution in [1.82, 2.24) is 10.3 Å². The average Bonchev–Trinajstić information content (AvgIpc) is 2.97. The van der Waals surface area contributed by atoms with Gasteiger partial charge in [0.05, 0.1) is 0 Å². The Hall–Kier alpha value is -1.10. The molecule has 2 rings (SSSR count). The zero-order valence-electron chi connectivity index (χ0n) is 8.01. The second kappa shape index (κ2) is 3.81. The molecular formula is C10H11F3N2. The Balaban J connectivity index is 2.04. The van der Waals surface area contributed by atoms with E-state index in [1.54, 1.807) is 6.07 Å². The fourth-order valence-electron chi connectivity index (χ4n) is 1.29. The van der Waals surface area contributed by atoms with Crippen molar-refractivity contribution in [2.75, 3.05) is 0 Å². The summed E-state index contributed by atoms with van der Waals surface area (Å²) in [5.41, 5.74) is -0.193. The zero-order chi connectivity index (χ0) is 10.9. The number of rotatable bonds is 3. The molecule has 5 heteroatoms. The summed E-state index contributed by atoms with van der Waals surface area (Å²) < 4.78 is 36.9. The number of aromatic nitrogens is 1. The predicted octanol–water partition coefficient (Wildman–Crippen LogP) is 2.35. The predicted molar refractivity (Wildman–Crippen MR) is 49.1 cm³/mol. The monoisotopic (exact) mass is 216 g/mol. The van der Waals surface area contributed by atoms with Crippen LogP contribution >= 0.6 is 0 Å². The highest BCUT2D eigenvalue weighted by Crippen LogP contribution is 2.27. The fraction of sp³-hybridized carbons (Fsp3) is 0.500. The van der Waals surface area contributed by atoms with Gasteiger partial charge in [0.1, 0.15) is 5.69 Å². The summed E-state index contributed by atoms with van der Waals surface area (Å²) in [6.45, 7) is 0.482. The first-order chi connectivity index (χ1) is 7.05. The summed E-state index contributed by atoms with van der Waals surface area (Å²) in [7, 11) is 0. The maximum atomic E-state index is 12.3. The summed E-state index contributed by atoms with van der Waals surface area (Å²) in [5, 5.41) is 3.16. The van der Waals surface area contributed by atoms with E-state index < -0.39 is 11.9 Å². The molecule has 2 nitrogen and oxygen atoms in total. The quantitative estimate of drug-likeness (QED) is 0.838. The molecule has 0 spiro atoms. The van der Waals surface area contributed by atoms with E-state index in [1.165, 1.54) is 6.20 Å². The number of hydrogen-bond acceptors (Lipinski definition) is 2. The van der Waals surface area contributed by atoms with Gasteiger partial charge in [-0.25, -0.2) is 0 Å². The normalized spacial score (nSPS) is 16.7. The minimum Gasteiger partial charge on any atom is -0.310 e. The molecule has 0 bridgehead atoms. The Bertz CT molecular complexity index is 345. The van der Waals surface area contributed by atoms with E-state index in [4.69, 9.17) is 0 Å². The Kier molecular flexibility index (Phi) is 2.65. The second-order valence-electron chi connectivity index (χ2n) is 3.70.